The van der Waals surface area contributed by atoms with E-state index in [4.69, 9.17) is 0 Å². The zero-order chi connectivity index (χ0) is 11.6. The molecule has 0 bridgehead atoms. The van der Waals surface area contributed by atoms with Gasteiger partial charge in [-0.1, -0.05) is 6.92 Å². The van der Waals surface area contributed by atoms with Gasteiger partial charge >= 0.3 is 5.76 Å². The molecule has 0 amide bonds. The zero-order valence-corrected chi connectivity index (χ0v) is 9.14. The van der Waals surface area contributed by atoms with E-state index in [-0.39, 0.29) is 25.3 Å². The summed E-state index contributed by atoms with van der Waals surface area (Å²) in [6, 6.07) is 0. The monoisotopic (exact) mass is 241 g/mol. The Bertz CT molecular complexity index is 342. The second-order valence-corrected chi connectivity index (χ2v) is 5.39. The van der Waals surface area contributed by atoms with E-state index < -0.39 is 21.7 Å². The van der Waals surface area contributed by atoms with Crippen LogP contribution in [0.5, 0.6) is 0 Å². The van der Waals surface area contributed by atoms with E-state index in [1.165, 1.54) is 0 Å². The standard InChI is InChI=1S/C8H13F2NO3S/c1-2-6-5-11(4-3-7(6)12)15(13,14)8(9)10/h6,8H,2-5H2,1H3. The molecule has 88 valence electrons. The summed E-state index contributed by atoms with van der Waals surface area (Å²) in [5.41, 5.74) is 0. The minimum absolute atomic E-state index is 0.0322. The van der Waals surface area contributed by atoms with Gasteiger partial charge in [0, 0.05) is 25.4 Å². The van der Waals surface area contributed by atoms with Crippen molar-refractivity contribution in [2.24, 2.45) is 5.92 Å². The summed E-state index contributed by atoms with van der Waals surface area (Å²) in [5.74, 6) is -3.88. The number of ketones is 1. The van der Waals surface area contributed by atoms with Gasteiger partial charge in [0.2, 0.25) is 0 Å². The van der Waals surface area contributed by atoms with Crippen LogP contribution in [0.3, 0.4) is 0 Å². The Morgan fingerprint density at radius 3 is 2.60 bits per heavy atom. The highest BCUT2D eigenvalue weighted by atomic mass is 32.2. The van der Waals surface area contributed by atoms with Gasteiger partial charge in [-0.05, 0) is 6.42 Å². The molecule has 1 atom stereocenters. The van der Waals surface area contributed by atoms with Crippen molar-refractivity contribution in [2.45, 2.75) is 25.5 Å². The predicted octanol–water partition coefficient (Wildman–Crippen LogP) is 0.840. The smallest absolute Gasteiger partial charge is 0.299 e. The number of alkyl halides is 2. The van der Waals surface area contributed by atoms with E-state index in [9.17, 15) is 22.0 Å². The number of sulfonamides is 1. The van der Waals surface area contributed by atoms with Crippen molar-refractivity contribution in [1.82, 2.24) is 4.31 Å². The first-order valence-corrected chi connectivity index (χ1v) is 6.19. The molecule has 1 aliphatic heterocycles. The van der Waals surface area contributed by atoms with Crippen molar-refractivity contribution >= 4 is 15.8 Å². The topological polar surface area (TPSA) is 54.5 Å². The summed E-state index contributed by atoms with van der Waals surface area (Å²) < 4.78 is 47.4. The molecule has 0 aliphatic carbocycles. The summed E-state index contributed by atoms with van der Waals surface area (Å²) in [6.07, 6.45) is 0.512. The molecule has 0 spiro atoms. The van der Waals surface area contributed by atoms with Crippen molar-refractivity contribution in [1.29, 1.82) is 0 Å². The Kier molecular flexibility index (Phi) is 3.77. The molecule has 0 aromatic heterocycles. The predicted molar refractivity (Wildman–Crippen MR) is 49.9 cm³/mol. The van der Waals surface area contributed by atoms with Crippen molar-refractivity contribution in [2.75, 3.05) is 13.1 Å². The summed E-state index contributed by atoms with van der Waals surface area (Å²) in [4.78, 5) is 11.3. The van der Waals surface area contributed by atoms with Gasteiger partial charge in [0.05, 0.1) is 0 Å². The number of Topliss-reactive ketones (excluding diaryl/α,β-unsaturated/α-hetero) is 1. The quantitative estimate of drug-likeness (QED) is 0.735. The normalized spacial score (nSPS) is 24.8. The molecule has 0 saturated carbocycles. The molecule has 0 radical (unpaired) electrons. The number of hydrogen-bond donors (Lipinski definition) is 0. The van der Waals surface area contributed by atoms with E-state index in [1.54, 1.807) is 6.92 Å². The molecule has 1 unspecified atom stereocenters. The Balaban J connectivity index is 2.79. The van der Waals surface area contributed by atoms with Crippen LogP contribution in [0.1, 0.15) is 19.8 Å². The van der Waals surface area contributed by atoms with E-state index in [1.807, 2.05) is 0 Å². The molecular formula is C8H13F2NO3S. The zero-order valence-electron chi connectivity index (χ0n) is 8.32. The molecule has 1 fully saturated rings. The minimum Gasteiger partial charge on any atom is -0.299 e. The highest BCUT2D eigenvalue weighted by molar-refractivity contribution is 7.89. The van der Waals surface area contributed by atoms with Crippen molar-refractivity contribution in [3.05, 3.63) is 0 Å². The second-order valence-electron chi connectivity index (χ2n) is 3.49. The van der Waals surface area contributed by atoms with Gasteiger partial charge in [0.25, 0.3) is 10.0 Å². The number of nitrogens with zero attached hydrogens (tertiary/aromatic N) is 1. The third-order valence-corrected chi connectivity index (χ3v) is 4.07. The van der Waals surface area contributed by atoms with Gasteiger partial charge in [-0.15, -0.1) is 0 Å². The van der Waals surface area contributed by atoms with Gasteiger partial charge < -0.3 is 0 Å². The lowest BCUT2D eigenvalue weighted by Gasteiger charge is -2.29. The fraction of sp³-hybridized carbons (Fsp3) is 0.875. The Labute approximate surface area is 87.3 Å². The van der Waals surface area contributed by atoms with Crippen LogP contribution in [0, 0.1) is 5.92 Å². The van der Waals surface area contributed by atoms with E-state index in [2.05, 4.69) is 0 Å². The molecule has 1 rings (SSSR count). The lowest BCUT2D eigenvalue weighted by molar-refractivity contribution is -0.125. The van der Waals surface area contributed by atoms with Crippen LogP contribution < -0.4 is 0 Å². The molecule has 7 heteroatoms. The summed E-state index contributed by atoms with van der Waals surface area (Å²) in [6.45, 7) is 1.51. The van der Waals surface area contributed by atoms with Crippen molar-refractivity contribution in [3.8, 4) is 0 Å². The number of rotatable bonds is 3. The molecule has 1 aliphatic rings. The van der Waals surface area contributed by atoms with Crippen LogP contribution in [0.25, 0.3) is 0 Å². The molecule has 1 saturated heterocycles. The maximum Gasteiger partial charge on any atom is 0.350 e. The fourth-order valence-corrected chi connectivity index (χ4v) is 2.54. The minimum atomic E-state index is -4.52. The van der Waals surface area contributed by atoms with Crippen LogP contribution in [0.15, 0.2) is 0 Å². The van der Waals surface area contributed by atoms with Crippen molar-refractivity contribution in [3.63, 3.8) is 0 Å². The fourth-order valence-electron chi connectivity index (χ4n) is 1.58. The lowest BCUT2D eigenvalue weighted by atomic mass is 9.96. The van der Waals surface area contributed by atoms with Gasteiger partial charge in [0.1, 0.15) is 5.78 Å². The van der Waals surface area contributed by atoms with Gasteiger partial charge in [-0.3, -0.25) is 4.79 Å². The Morgan fingerprint density at radius 2 is 2.13 bits per heavy atom. The average molecular weight is 241 g/mol. The molecule has 1 heterocycles. The van der Waals surface area contributed by atoms with Gasteiger partial charge in [0.15, 0.2) is 0 Å². The molecule has 4 nitrogen and oxygen atoms in total. The SMILES string of the molecule is CCC1CN(S(=O)(=O)C(F)F)CCC1=O. The average Bonchev–Trinajstić information content (AvgIpc) is 2.18. The highest BCUT2D eigenvalue weighted by Gasteiger charge is 2.37. The highest BCUT2D eigenvalue weighted by Crippen LogP contribution is 2.21. The van der Waals surface area contributed by atoms with E-state index in [0.29, 0.717) is 10.7 Å². The van der Waals surface area contributed by atoms with Crippen molar-refractivity contribution < 1.29 is 22.0 Å². The van der Waals surface area contributed by atoms with Crippen LogP contribution >= 0.6 is 0 Å². The molecule has 0 aromatic rings. The number of piperidine rings is 1. The van der Waals surface area contributed by atoms with Crippen LogP contribution in [-0.2, 0) is 14.8 Å². The summed E-state index contributed by atoms with van der Waals surface area (Å²) >= 11 is 0. The third-order valence-electron chi connectivity index (χ3n) is 2.56. The third kappa shape index (κ3) is 2.52. The Hall–Kier alpha value is -0.560. The van der Waals surface area contributed by atoms with E-state index >= 15 is 0 Å². The molecule has 0 N–H and O–H groups in total. The largest absolute Gasteiger partial charge is 0.350 e. The number of hydrogen-bond acceptors (Lipinski definition) is 3. The van der Waals surface area contributed by atoms with Crippen LogP contribution in [0.4, 0.5) is 8.78 Å². The first-order valence-electron chi connectivity index (χ1n) is 4.69. The first-order chi connectivity index (χ1) is 6.89. The van der Waals surface area contributed by atoms with Crippen LogP contribution in [-0.4, -0.2) is 37.4 Å². The maximum atomic E-state index is 12.2. The number of carbonyl (C=O) groups excluding carboxylic acids is 1. The van der Waals surface area contributed by atoms with Gasteiger partial charge in [-0.2, -0.15) is 13.1 Å². The molecule has 15 heavy (non-hydrogen) atoms. The summed E-state index contributed by atoms with van der Waals surface area (Å²) in [5, 5.41) is 0. The van der Waals surface area contributed by atoms with Crippen LogP contribution in [0.2, 0.25) is 0 Å². The Morgan fingerprint density at radius 1 is 1.53 bits per heavy atom. The van der Waals surface area contributed by atoms with E-state index in [0.717, 1.165) is 0 Å². The number of carbonyl (C=O) groups is 1. The summed E-state index contributed by atoms with van der Waals surface area (Å²) in [7, 11) is -4.52. The molecular weight excluding hydrogens is 228 g/mol. The second kappa shape index (κ2) is 4.52. The molecule has 0 aromatic carbocycles. The lowest BCUT2D eigenvalue weighted by Crippen LogP contribution is -2.45. The maximum absolute atomic E-state index is 12.2. The first kappa shape index (κ1) is 12.5. The number of halogens is 2. The van der Waals surface area contributed by atoms with Gasteiger partial charge in [-0.25, -0.2) is 8.42 Å².